The molecule has 0 fully saturated rings. The Morgan fingerprint density at radius 1 is 1.37 bits per heavy atom. The molecule has 0 saturated carbocycles. The van der Waals surface area contributed by atoms with E-state index in [0.29, 0.717) is 5.75 Å². The normalized spacial score (nSPS) is 16.5. The third-order valence-electron chi connectivity index (χ3n) is 2.98. The number of nitrogens with zero attached hydrogens (tertiary/aromatic N) is 3. The lowest BCUT2D eigenvalue weighted by molar-refractivity contribution is 0.579. The fourth-order valence-electron chi connectivity index (χ4n) is 2.22. The van der Waals surface area contributed by atoms with E-state index in [-0.39, 0.29) is 11.4 Å². The van der Waals surface area contributed by atoms with E-state index in [4.69, 9.17) is 11.6 Å². The molecular weight excluding hydrogens is 282 g/mol. The number of fused-ring (bicyclic) bond motifs is 1. The zero-order valence-corrected chi connectivity index (χ0v) is 13.1. The molecule has 0 aromatic carbocycles. The summed E-state index contributed by atoms with van der Waals surface area (Å²) in [6.45, 7) is 5.86. The third-order valence-corrected chi connectivity index (χ3v) is 4.12. The summed E-state index contributed by atoms with van der Waals surface area (Å²) in [5.41, 5.74) is 2.59. The van der Waals surface area contributed by atoms with Gasteiger partial charge in [-0.3, -0.25) is 4.21 Å². The van der Waals surface area contributed by atoms with Crippen molar-refractivity contribution in [3.63, 3.8) is 0 Å². The Labute approximate surface area is 120 Å². The summed E-state index contributed by atoms with van der Waals surface area (Å²) in [7, 11) is -0.870. The summed E-state index contributed by atoms with van der Waals surface area (Å²) >= 11 is 6.21. The molecule has 0 saturated heterocycles. The van der Waals surface area contributed by atoms with Crippen LogP contribution in [0.3, 0.4) is 0 Å². The maximum absolute atomic E-state index is 11.5. The second kappa shape index (κ2) is 5.59. The summed E-state index contributed by atoms with van der Waals surface area (Å²) in [5, 5.41) is -0.206. The molecule has 104 valence electrons. The number of imidazole rings is 1. The van der Waals surface area contributed by atoms with Gasteiger partial charge in [0.2, 0.25) is 0 Å². The quantitative estimate of drug-likeness (QED) is 0.816. The maximum Gasteiger partial charge on any atom is 0.160 e. The van der Waals surface area contributed by atoms with Gasteiger partial charge in [-0.2, -0.15) is 0 Å². The molecule has 0 amide bonds. The molecule has 0 aliphatic rings. The SMILES string of the molecule is Cc1ccc2nc(C(C)Cl)n(C(C)CS(C)=O)c2n1. The molecule has 0 aliphatic heterocycles. The van der Waals surface area contributed by atoms with E-state index in [2.05, 4.69) is 9.97 Å². The van der Waals surface area contributed by atoms with Crippen LogP contribution in [-0.2, 0) is 10.8 Å². The van der Waals surface area contributed by atoms with Gasteiger partial charge in [0.1, 0.15) is 11.3 Å². The van der Waals surface area contributed by atoms with Crippen molar-refractivity contribution in [1.82, 2.24) is 14.5 Å². The van der Waals surface area contributed by atoms with Gasteiger partial charge in [0, 0.05) is 34.5 Å². The van der Waals surface area contributed by atoms with Gasteiger partial charge in [-0.25, -0.2) is 9.97 Å². The van der Waals surface area contributed by atoms with E-state index >= 15 is 0 Å². The highest BCUT2D eigenvalue weighted by molar-refractivity contribution is 7.84. The second-order valence-electron chi connectivity index (χ2n) is 4.84. The Kier molecular flexibility index (Phi) is 4.26. The number of alkyl halides is 1. The van der Waals surface area contributed by atoms with Crippen LogP contribution in [-0.4, -0.2) is 30.8 Å². The van der Waals surface area contributed by atoms with Gasteiger partial charge < -0.3 is 4.57 Å². The molecular formula is C13H18ClN3OS. The molecule has 3 atom stereocenters. The number of aryl methyl sites for hydroxylation is 1. The molecule has 6 heteroatoms. The Bertz CT molecular complexity index is 624. The van der Waals surface area contributed by atoms with E-state index in [0.717, 1.165) is 22.7 Å². The number of pyridine rings is 1. The monoisotopic (exact) mass is 299 g/mol. The fraction of sp³-hybridized carbons (Fsp3) is 0.538. The predicted molar refractivity (Wildman–Crippen MR) is 80.2 cm³/mol. The summed E-state index contributed by atoms with van der Waals surface area (Å²) < 4.78 is 13.5. The van der Waals surface area contributed by atoms with Crippen LogP contribution in [0.5, 0.6) is 0 Å². The molecule has 0 spiro atoms. The summed E-state index contributed by atoms with van der Waals surface area (Å²) in [5.74, 6) is 1.35. The number of hydrogen-bond acceptors (Lipinski definition) is 3. The first kappa shape index (κ1) is 14.5. The van der Waals surface area contributed by atoms with Crippen molar-refractivity contribution >= 4 is 33.6 Å². The van der Waals surface area contributed by atoms with Crippen LogP contribution >= 0.6 is 11.6 Å². The van der Waals surface area contributed by atoms with Crippen LogP contribution in [0.15, 0.2) is 12.1 Å². The lowest BCUT2D eigenvalue weighted by Gasteiger charge is -2.17. The number of hydrogen-bond donors (Lipinski definition) is 0. The average molecular weight is 300 g/mol. The largest absolute Gasteiger partial charge is 0.308 e. The van der Waals surface area contributed by atoms with Crippen LogP contribution in [0.2, 0.25) is 0 Å². The molecule has 4 nitrogen and oxygen atoms in total. The second-order valence-corrected chi connectivity index (χ2v) is 6.97. The number of aromatic nitrogens is 3. The lowest BCUT2D eigenvalue weighted by Crippen LogP contribution is -2.16. The number of halogens is 1. The lowest BCUT2D eigenvalue weighted by atomic mass is 10.3. The minimum atomic E-state index is -0.870. The molecule has 19 heavy (non-hydrogen) atoms. The van der Waals surface area contributed by atoms with Crippen molar-refractivity contribution in [1.29, 1.82) is 0 Å². The molecule has 0 N–H and O–H groups in total. The van der Waals surface area contributed by atoms with Crippen molar-refractivity contribution < 1.29 is 4.21 Å². The Morgan fingerprint density at radius 2 is 2.05 bits per heavy atom. The first-order chi connectivity index (χ1) is 8.90. The van der Waals surface area contributed by atoms with E-state index in [9.17, 15) is 4.21 Å². The predicted octanol–water partition coefficient (Wildman–Crippen LogP) is 2.98. The third kappa shape index (κ3) is 2.98. The van der Waals surface area contributed by atoms with E-state index < -0.39 is 10.8 Å². The Hall–Kier alpha value is -0.940. The topological polar surface area (TPSA) is 47.8 Å². The minimum Gasteiger partial charge on any atom is -0.308 e. The molecule has 2 heterocycles. The van der Waals surface area contributed by atoms with Crippen molar-refractivity contribution in [3.05, 3.63) is 23.7 Å². The van der Waals surface area contributed by atoms with Gasteiger partial charge in [0.15, 0.2) is 5.65 Å². The van der Waals surface area contributed by atoms with Crippen LogP contribution in [0.4, 0.5) is 0 Å². The van der Waals surface area contributed by atoms with E-state index in [1.165, 1.54) is 0 Å². The first-order valence-corrected chi connectivity index (χ1v) is 8.36. The molecule has 0 bridgehead atoms. The highest BCUT2D eigenvalue weighted by Crippen LogP contribution is 2.27. The van der Waals surface area contributed by atoms with Gasteiger partial charge >= 0.3 is 0 Å². The first-order valence-electron chi connectivity index (χ1n) is 6.19. The van der Waals surface area contributed by atoms with Gasteiger partial charge in [-0.05, 0) is 32.9 Å². The molecule has 2 aromatic heterocycles. The smallest absolute Gasteiger partial charge is 0.160 e. The van der Waals surface area contributed by atoms with Crippen molar-refractivity contribution in [2.45, 2.75) is 32.2 Å². The molecule has 0 radical (unpaired) electrons. The Balaban J connectivity index is 2.63. The minimum absolute atomic E-state index is 0.0568. The van der Waals surface area contributed by atoms with Crippen LogP contribution in [0, 0.1) is 6.92 Å². The highest BCUT2D eigenvalue weighted by atomic mass is 35.5. The van der Waals surface area contributed by atoms with E-state index in [1.807, 2.05) is 37.5 Å². The molecule has 3 unspecified atom stereocenters. The summed E-state index contributed by atoms with van der Waals surface area (Å²) in [6.07, 6.45) is 1.71. The zero-order chi connectivity index (χ0) is 14.2. The molecule has 2 rings (SSSR count). The van der Waals surface area contributed by atoms with Gasteiger partial charge in [0.05, 0.1) is 5.38 Å². The van der Waals surface area contributed by atoms with Crippen LogP contribution < -0.4 is 0 Å². The fourth-order valence-corrected chi connectivity index (χ4v) is 3.20. The molecule has 0 aliphatic carbocycles. The highest BCUT2D eigenvalue weighted by Gasteiger charge is 2.20. The standard InChI is InChI=1S/C13H18ClN3OS/c1-8-5-6-11-13(15-8)17(9(2)7-19(4)18)12(16-11)10(3)14/h5-6,9-10H,7H2,1-4H3. The van der Waals surface area contributed by atoms with Crippen molar-refractivity contribution in [2.75, 3.05) is 12.0 Å². The van der Waals surface area contributed by atoms with Gasteiger partial charge in [0.25, 0.3) is 0 Å². The average Bonchev–Trinajstić information content (AvgIpc) is 2.66. The zero-order valence-electron chi connectivity index (χ0n) is 11.6. The van der Waals surface area contributed by atoms with Gasteiger partial charge in [-0.1, -0.05) is 0 Å². The van der Waals surface area contributed by atoms with Crippen LogP contribution in [0.25, 0.3) is 11.2 Å². The summed E-state index contributed by atoms with van der Waals surface area (Å²) in [6, 6.07) is 3.94. The molecule has 2 aromatic rings. The van der Waals surface area contributed by atoms with Gasteiger partial charge in [-0.15, -0.1) is 11.6 Å². The summed E-state index contributed by atoms with van der Waals surface area (Å²) in [4.78, 5) is 9.10. The number of rotatable bonds is 4. The van der Waals surface area contributed by atoms with Crippen molar-refractivity contribution in [2.24, 2.45) is 0 Å². The van der Waals surface area contributed by atoms with Crippen LogP contribution in [0.1, 0.15) is 36.8 Å². The maximum atomic E-state index is 11.5. The Morgan fingerprint density at radius 3 is 2.63 bits per heavy atom. The van der Waals surface area contributed by atoms with Crippen molar-refractivity contribution in [3.8, 4) is 0 Å². The van der Waals surface area contributed by atoms with E-state index in [1.54, 1.807) is 6.26 Å².